The maximum Gasteiger partial charge on any atom is 0.329 e. The van der Waals surface area contributed by atoms with Crippen molar-refractivity contribution in [3.8, 4) is 0 Å². The molecule has 3 heterocycles. The molecule has 10 heteroatoms. The van der Waals surface area contributed by atoms with Gasteiger partial charge in [0.1, 0.15) is 0 Å². The minimum Gasteiger partial charge on any atom is -0.353 e. The van der Waals surface area contributed by atoms with Gasteiger partial charge >= 0.3 is 5.69 Å². The number of pyridine rings is 1. The lowest BCUT2D eigenvalue weighted by Gasteiger charge is -2.34. The molecule has 2 aromatic heterocycles. The molecule has 2 aliphatic rings. The maximum absolute atomic E-state index is 13.5. The van der Waals surface area contributed by atoms with Crippen molar-refractivity contribution in [2.75, 3.05) is 32.7 Å². The zero-order chi connectivity index (χ0) is 23.0. The fraction of sp³-hybridized carbons (Fsp3) is 0.591. The number of hydrogen-bond acceptors (Lipinski definition) is 6. The normalized spacial score (nSPS) is 17.2. The third-order valence-electron chi connectivity index (χ3n) is 5.99. The summed E-state index contributed by atoms with van der Waals surface area (Å²) in [6, 6.07) is 1.81. The number of nitrogens with one attached hydrogen (secondary N) is 2. The van der Waals surface area contributed by atoms with E-state index in [1.54, 1.807) is 17.9 Å². The highest BCUT2D eigenvalue weighted by Crippen LogP contribution is 2.40. The number of hydrogen-bond donors (Lipinski definition) is 2. The molecule has 0 radical (unpaired) electrons. The molecule has 10 nitrogen and oxygen atoms in total. The van der Waals surface area contributed by atoms with E-state index in [1.165, 1.54) is 4.57 Å². The van der Waals surface area contributed by atoms with E-state index in [9.17, 15) is 19.2 Å². The Bertz CT molecular complexity index is 1160. The van der Waals surface area contributed by atoms with Crippen LogP contribution in [0.4, 0.5) is 0 Å². The Labute approximate surface area is 185 Å². The highest BCUT2D eigenvalue weighted by atomic mass is 16.2. The van der Waals surface area contributed by atoms with Crippen LogP contribution in [0.15, 0.2) is 15.7 Å². The van der Waals surface area contributed by atoms with E-state index in [0.717, 1.165) is 18.5 Å². The lowest BCUT2D eigenvalue weighted by molar-refractivity contribution is -0.123. The molecule has 1 aliphatic carbocycles. The fourth-order valence-electron chi connectivity index (χ4n) is 4.19. The summed E-state index contributed by atoms with van der Waals surface area (Å²) in [6.45, 7) is 8.36. The van der Waals surface area contributed by atoms with Crippen LogP contribution in [0.2, 0.25) is 0 Å². The summed E-state index contributed by atoms with van der Waals surface area (Å²) in [6.07, 6.45) is 1.98. The molecule has 2 fully saturated rings. The lowest BCUT2D eigenvalue weighted by Crippen LogP contribution is -2.51. The molecule has 0 atom stereocenters. The fourth-order valence-corrected chi connectivity index (χ4v) is 4.19. The zero-order valence-electron chi connectivity index (χ0n) is 18.8. The molecule has 2 N–H and O–H groups in total. The van der Waals surface area contributed by atoms with Crippen molar-refractivity contribution in [1.82, 2.24) is 29.7 Å². The Morgan fingerprint density at radius 1 is 1.19 bits per heavy atom. The van der Waals surface area contributed by atoms with Crippen LogP contribution in [-0.4, -0.2) is 74.9 Å². The number of carbonyl (C=O) groups excluding carboxylic acids is 2. The van der Waals surface area contributed by atoms with Crippen LogP contribution >= 0.6 is 0 Å². The summed E-state index contributed by atoms with van der Waals surface area (Å²) in [5.41, 5.74) is 0.232. The van der Waals surface area contributed by atoms with E-state index in [-0.39, 0.29) is 34.8 Å². The van der Waals surface area contributed by atoms with E-state index in [1.807, 2.05) is 18.7 Å². The molecule has 172 valence electrons. The molecule has 32 heavy (non-hydrogen) atoms. The monoisotopic (exact) mass is 442 g/mol. The minimum atomic E-state index is -0.586. The number of aromatic nitrogens is 3. The van der Waals surface area contributed by atoms with Gasteiger partial charge in [0.25, 0.3) is 11.5 Å². The Morgan fingerprint density at radius 3 is 2.47 bits per heavy atom. The Kier molecular flexibility index (Phi) is 6.14. The topological polar surface area (TPSA) is 120 Å². The molecule has 2 aromatic rings. The van der Waals surface area contributed by atoms with Crippen LogP contribution < -0.4 is 16.6 Å². The summed E-state index contributed by atoms with van der Waals surface area (Å²) in [5, 5.41) is 3.05. The molecular formula is C22H30N6O4. The number of amides is 2. The van der Waals surface area contributed by atoms with E-state index in [2.05, 4.69) is 15.3 Å². The minimum absolute atomic E-state index is 0.0296. The van der Waals surface area contributed by atoms with Gasteiger partial charge in [0.05, 0.1) is 17.5 Å². The van der Waals surface area contributed by atoms with Crippen LogP contribution in [0.3, 0.4) is 0 Å². The van der Waals surface area contributed by atoms with Crippen molar-refractivity contribution < 1.29 is 9.59 Å². The number of aromatic amines is 1. The molecule has 0 unspecified atom stereocenters. The molecule has 1 saturated carbocycles. The Hall–Kier alpha value is -3.01. The van der Waals surface area contributed by atoms with E-state index in [4.69, 9.17) is 0 Å². The van der Waals surface area contributed by atoms with E-state index in [0.29, 0.717) is 44.8 Å². The second-order valence-electron chi connectivity index (χ2n) is 8.86. The SMILES string of the molecule is CCn1c(=O)[nH]c(=O)c2c(C(=O)N3CCN(CC(=O)NC(C)C)CC3)cc(C3CC3)nc21. The van der Waals surface area contributed by atoms with Gasteiger partial charge in [0.15, 0.2) is 5.65 Å². The predicted octanol–water partition coefficient (Wildman–Crippen LogP) is 0.265. The first-order valence-corrected chi connectivity index (χ1v) is 11.3. The summed E-state index contributed by atoms with van der Waals surface area (Å²) < 4.78 is 1.41. The van der Waals surface area contributed by atoms with Crippen LogP contribution in [0.5, 0.6) is 0 Å². The zero-order valence-corrected chi connectivity index (χ0v) is 18.8. The van der Waals surface area contributed by atoms with Crippen molar-refractivity contribution in [3.05, 3.63) is 38.2 Å². The van der Waals surface area contributed by atoms with Gasteiger partial charge in [-0.1, -0.05) is 0 Å². The molecule has 0 spiro atoms. The first kappa shape index (κ1) is 22.2. The quantitative estimate of drug-likeness (QED) is 0.662. The average molecular weight is 443 g/mol. The number of nitrogens with zero attached hydrogens (tertiary/aromatic N) is 4. The lowest BCUT2D eigenvalue weighted by atomic mass is 10.1. The largest absolute Gasteiger partial charge is 0.353 e. The maximum atomic E-state index is 13.5. The standard InChI is InChI=1S/C22H30N6O4/c1-4-28-19-18(20(30)25-22(28)32)15(11-16(24-19)14-5-6-14)21(31)27-9-7-26(8-10-27)12-17(29)23-13(2)3/h11,13-14H,4-10,12H2,1-3H3,(H,23,29)(H,25,30,32). The van der Waals surface area contributed by atoms with Gasteiger partial charge in [-0.3, -0.25) is 28.8 Å². The third-order valence-corrected chi connectivity index (χ3v) is 5.99. The predicted molar refractivity (Wildman–Crippen MR) is 120 cm³/mol. The van der Waals surface area contributed by atoms with Gasteiger partial charge in [-0.2, -0.15) is 0 Å². The molecule has 0 aromatic carbocycles. The van der Waals surface area contributed by atoms with Gasteiger partial charge < -0.3 is 10.2 Å². The second kappa shape index (κ2) is 8.85. The van der Waals surface area contributed by atoms with Gasteiger partial charge in [0.2, 0.25) is 5.91 Å². The summed E-state index contributed by atoms with van der Waals surface area (Å²) in [5.74, 6) is -0.00241. The van der Waals surface area contributed by atoms with Gasteiger partial charge in [-0.25, -0.2) is 9.78 Å². The van der Waals surface area contributed by atoms with Crippen LogP contribution in [0, 0.1) is 0 Å². The highest BCUT2D eigenvalue weighted by molar-refractivity contribution is 6.05. The van der Waals surface area contributed by atoms with Gasteiger partial charge in [-0.15, -0.1) is 0 Å². The first-order chi connectivity index (χ1) is 15.3. The van der Waals surface area contributed by atoms with Crippen LogP contribution in [-0.2, 0) is 11.3 Å². The third kappa shape index (κ3) is 4.45. The smallest absolute Gasteiger partial charge is 0.329 e. The van der Waals surface area contributed by atoms with Crippen LogP contribution in [0.1, 0.15) is 55.6 Å². The van der Waals surface area contributed by atoms with Crippen molar-refractivity contribution in [2.45, 2.75) is 52.1 Å². The summed E-state index contributed by atoms with van der Waals surface area (Å²) in [7, 11) is 0. The number of carbonyl (C=O) groups is 2. The van der Waals surface area contributed by atoms with Gasteiger partial charge in [0, 0.05) is 50.4 Å². The van der Waals surface area contributed by atoms with Gasteiger partial charge in [-0.05, 0) is 39.7 Å². The molecule has 4 rings (SSSR count). The summed E-state index contributed by atoms with van der Waals surface area (Å²) >= 11 is 0. The van der Waals surface area contributed by atoms with Crippen LogP contribution in [0.25, 0.3) is 11.0 Å². The Balaban J connectivity index is 1.61. The molecule has 0 bridgehead atoms. The first-order valence-electron chi connectivity index (χ1n) is 11.3. The summed E-state index contributed by atoms with van der Waals surface area (Å²) in [4.78, 5) is 61.2. The molecule has 2 amide bonds. The number of H-pyrrole nitrogens is 1. The number of aryl methyl sites for hydroxylation is 1. The van der Waals surface area contributed by atoms with Crippen molar-refractivity contribution in [3.63, 3.8) is 0 Å². The average Bonchev–Trinajstić information content (AvgIpc) is 3.58. The number of fused-ring (bicyclic) bond motifs is 1. The van der Waals surface area contributed by atoms with Crippen molar-refractivity contribution >= 4 is 22.8 Å². The van der Waals surface area contributed by atoms with E-state index < -0.39 is 11.2 Å². The van der Waals surface area contributed by atoms with Crippen molar-refractivity contribution in [2.24, 2.45) is 0 Å². The number of piperazine rings is 1. The molecule has 1 aliphatic heterocycles. The van der Waals surface area contributed by atoms with E-state index >= 15 is 0 Å². The Morgan fingerprint density at radius 2 is 1.88 bits per heavy atom. The van der Waals surface area contributed by atoms with Crippen molar-refractivity contribution in [1.29, 1.82) is 0 Å². The second-order valence-corrected chi connectivity index (χ2v) is 8.86. The highest BCUT2D eigenvalue weighted by Gasteiger charge is 2.31. The molecular weight excluding hydrogens is 412 g/mol. The number of rotatable bonds is 6. The molecule has 1 saturated heterocycles.